The lowest BCUT2D eigenvalue weighted by atomic mass is 10.2. The molecule has 2 heterocycles. The van der Waals surface area contributed by atoms with Crippen molar-refractivity contribution in [1.29, 1.82) is 0 Å². The SMILES string of the molecule is NC(=O)c1ccc(NC(=O)COC(=O)C=Cc2cn(Cc3ccccc3)nc2-c2cccs2)cc1. The fraction of sp³-hybridized carbons (Fsp3) is 0.0769. The van der Waals surface area contributed by atoms with Crippen LogP contribution >= 0.6 is 11.3 Å². The number of nitrogens with two attached hydrogens (primary N) is 1. The van der Waals surface area contributed by atoms with Crippen LogP contribution in [0.15, 0.2) is 84.4 Å². The molecule has 4 rings (SSSR count). The molecule has 0 radical (unpaired) electrons. The van der Waals surface area contributed by atoms with Crippen molar-refractivity contribution in [3.8, 4) is 10.6 Å². The van der Waals surface area contributed by atoms with Crippen LogP contribution in [0.5, 0.6) is 0 Å². The first kappa shape index (κ1) is 23.7. The lowest BCUT2D eigenvalue weighted by molar-refractivity contribution is -0.142. The number of benzene rings is 2. The second-order valence-corrected chi connectivity index (χ2v) is 8.47. The predicted octanol–water partition coefficient (Wildman–Crippen LogP) is 3.95. The fourth-order valence-electron chi connectivity index (χ4n) is 3.27. The van der Waals surface area contributed by atoms with Gasteiger partial charge in [0.25, 0.3) is 5.91 Å². The van der Waals surface area contributed by atoms with E-state index in [0.29, 0.717) is 17.8 Å². The van der Waals surface area contributed by atoms with Crippen molar-refractivity contribution < 1.29 is 19.1 Å². The number of amides is 2. The van der Waals surface area contributed by atoms with Crippen molar-refractivity contribution in [2.45, 2.75) is 6.54 Å². The summed E-state index contributed by atoms with van der Waals surface area (Å²) in [6.07, 6.45) is 4.77. The van der Waals surface area contributed by atoms with Crippen molar-refractivity contribution >= 4 is 40.9 Å². The summed E-state index contributed by atoms with van der Waals surface area (Å²) >= 11 is 1.56. The van der Waals surface area contributed by atoms with Crippen LogP contribution in [0.1, 0.15) is 21.5 Å². The largest absolute Gasteiger partial charge is 0.452 e. The molecule has 0 unspecified atom stereocenters. The average Bonchev–Trinajstić information content (AvgIpc) is 3.52. The van der Waals surface area contributed by atoms with Gasteiger partial charge in [-0.1, -0.05) is 36.4 Å². The highest BCUT2D eigenvalue weighted by Gasteiger charge is 2.12. The lowest BCUT2D eigenvalue weighted by Gasteiger charge is -2.05. The molecule has 2 amide bonds. The molecule has 0 spiro atoms. The monoisotopic (exact) mass is 486 g/mol. The number of rotatable bonds is 9. The molecule has 176 valence electrons. The molecular weight excluding hydrogens is 464 g/mol. The molecule has 0 atom stereocenters. The molecule has 2 aromatic heterocycles. The Balaban J connectivity index is 1.37. The molecule has 4 aromatic rings. The second kappa shape index (κ2) is 11.1. The van der Waals surface area contributed by atoms with Crippen LogP contribution in [0.2, 0.25) is 0 Å². The van der Waals surface area contributed by atoms with Gasteiger partial charge in [-0.05, 0) is 47.4 Å². The Hall–Kier alpha value is -4.50. The lowest BCUT2D eigenvalue weighted by Crippen LogP contribution is -2.20. The molecule has 0 aliphatic rings. The summed E-state index contributed by atoms with van der Waals surface area (Å²) < 4.78 is 6.88. The number of aromatic nitrogens is 2. The molecule has 0 aliphatic heterocycles. The van der Waals surface area contributed by atoms with E-state index >= 15 is 0 Å². The maximum atomic E-state index is 12.2. The number of carbonyl (C=O) groups is 3. The molecule has 0 fully saturated rings. The Labute approximate surface area is 205 Å². The zero-order valence-electron chi connectivity index (χ0n) is 18.6. The number of nitrogens with zero attached hydrogens (tertiary/aromatic N) is 2. The van der Waals surface area contributed by atoms with E-state index < -0.39 is 24.4 Å². The number of hydrogen-bond donors (Lipinski definition) is 2. The van der Waals surface area contributed by atoms with Crippen molar-refractivity contribution in [3.05, 3.63) is 101 Å². The van der Waals surface area contributed by atoms with Crippen molar-refractivity contribution in [1.82, 2.24) is 9.78 Å². The fourth-order valence-corrected chi connectivity index (χ4v) is 4.00. The second-order valence-electron chi connectivity index (χ2n) is 7.52. The van der Waals surface area contributed by atoms with Crippen LogP contribution in [-0.2, 0) is 20.9 Å². The highest BCUT2D eigenvalue weighted by molar-refractivity contribution is 7.13. The van der Waals surface area contributed by atoms with Gasteiger partial charge in [-0.15, -0.1) is 11.3 Å². The molecule has 9 heteroatoms. The molecular formula is C26H22N4O4S. The highest BCUT2D eigenvalue weighted by Crippen LogP contribution is 2.27. The van der Waals surface area contributed by atoms with Gasteiger partial charge in [0.15, 0.2) is 6.61 Å². The Morgan fingerprint density at radius 2 is 1.80 bits per heavy atom. The molecule has 0 aliphatic carbocycles. The number of hydrogen-bond acceptors (Lipinski definition) is 6. The van der Waals surface area contributed by atoms with Crippen molar-refractivity contribution in [2.75, 3.05) is 11.9 Å². The Morgan fingerprint density at radius 1 is 1.03 bits per heavy atom. The molecule has 0 saturated carbocycles. The van der Waals surface area contributed by atoms with E-state index in [9.17, 15) is 14.4 Å². The number of carbonyl (C=O) groups excluding carboxylic acids is 3. The number of thiophene rings is 1. The topological polar surface area (TPSA) is 116 Å². The molecule has 3 N–H and O–H groups in total. The molecule has 2 aromatic carbocycles. The highest BCUT2D eigenvalue weighted by atomic mass is 32.1. The van der Waals surface area contributed by atoms with Gasteiger partial charge in [0.2, 0.25) is 5.91 Å². The Bertz CT molecular complexity index is 1340. The van der Waals surface area contributed by atoms with Gasteiger partial charge in [0.1, 0.15) is 5.69 Å². The minimum Gasteiger partial charge on any atom is -0.452 e. The minimum absolute atomic E-state index is 0.327. The molecule has 0 saturated heterocycles. The van der Waals surface area contributed by atoms with Gasteiger partial charge in [0.05, 0.1) is 11.4 Å². The van der Waals surface area contributed by atoms with Gasteiger partial charge in [-0.2, -0.15) is 5.10 Å². The standard InChI is InChI=1S/C26H22N4O4S/c27-26(33)19-8-11-21(12-9-19)28-23(31)17-34-24(32)13-10-20-16-30(15-18-5-2-1-3-6-18)29-25(20)22-7-4-14-35-22/h1-14,16H,15,17H2,(H2,27,33)(H,28,31). The van der Waals surface area contributed by atoms with Crippen LogP contribution in [0.4, 0.5) is 5.69 Å². The quantitative estimate of drug-likeness (QED) is 0.274. The van der Waals surface area contributed by atoms with E-state index in [0.717, 1.165) is 21.7 Å². The van der Waals surface area contributed by atoms with Crippen LogP contribution in [0.25, 0.3) is 16.6 Å². The number of anilines is 1. The summed E-state index contributed by atoms with van der Waals surface area (Å²) in [5.41, 5.74) is 8.61. The van der Waals surface area contributed by atoms with Crippen molar-refractivity contribution in [3.63, 3.8) is 0 Å². The van der Waals surface area contributed by atoms with Crippen LogP contribution < -0.4 is 11.1 Å². The summed E-state index contributed by atoms with van der Waals surface area (Å²) in [6.45, 7) is 0.143. The van der Waals surface area contributed by atoms with Gasteiger partial charge >= 0.3 is 5.97 Å². The maximum Gasteiger partial charge on any atom is 0.331 e. The van der Waals surface area contributed by atoms with Crippen LogP contribution in [-0.4, -0.2) is 34.2 Å². The Morgan fingerprint density at radius 3 is 2.49 bits per heavy atom. The van der Waals surface area contributed by atoms with Gasteiger partial charge in [-0.3, -0.25) is 14.3 Å². The third-order valence-corrected chi connectivity index (χ3v) is 5.81. The zero-order chi connectivity index (χ0) is 24.6. The number of ether oxygens (including phenoxy) is 1. The van der Waals surface area contributed by atoms with E-state index in [1.165, 1.54) is 18.2 Å². The summed E-state index contributed by atoms with van der Waals surface area (Å²) in [6, 6.07) is 19.9. The van der Waals surface area contributed by atoms with Gasteiger partial charge < -0.3 is 15.8 Å². The molecule has 35 heavy (non-hydrogen) atoms. The van der Waals surface area contributed by atoms with E-state index in [-0.39, 0.29) is 0 Å². The minimum atomic E-state index is -0.655. The number of esters is 1. The van der Waals surface area contributed by atoms with E-state index in [1.54, 1.807) is 29.5 Å². The number of primary amides is 1. The summed E-state index contributed by atoms with van der Waals surface area (Å²) in [7, 11) is 0. The maximum absolute atomic E-state index is 12.2. The Kier molecular flexibility index (Phi) is 7.49. The average molecular weight is 487 g/mol. The predicted molar refractivity (Wildman–Crippen MR) is 135 cm³/mol. The van der Waals surface area contributed by atoms with Crippen molar-refractivity contribution in [2.24, 2.45) is 5.73 Å². The first-order chi connectivity index (χ1) is 17.0. The van der Waals surface area contributed by atoms with E-state index in [1.807, 2.05) is 58.7 Å². The zero-order valence-corrected chi connectivity index (χ0v) is 19.4. The third-order valence-electron chi connectivity index (χ3n) is 4.93. The smallest absolute Gasteiger partial charge is 0.331 e. The number of nitrogens with one attached hydrogen (secondary N) is 1. The summed E-state index contributed by atoms with van der Waals surface area (Å²) in [5, 5.41) is 9.25. The van der Waals surface area contributed by atoms with Gasteiger partial charge in [0, 0.05) is 29.1 Å². The van der Waals surface area contributed by atoms with Crippen LogP contribution in [0.3, 0.4) is 0 Å². The van der Waals surface area contributed by atoms with E-state index in [4.69, 9.17) is 15.6 Å². The first-order valence-corrected chi connectivity index (χ1v) is 11.6. The van der Waals surface area contributed by atoms with E-state index in [2.05, 4.69) is 5.32 Å². The summed E-state index contributed by atoms with van der Waals surface area (Å²) in [5.74, 6) is -1.72. The first-order valence-electron chi connectivity index (χ1n) is 10.7. The molecule has 0 bridgehead atoms. The third kappa shape index (κ3) is 6.52. The van der Waals surface area contributed by atoms with Gasteiger partial charge in [-0.25, -0.2) is 4.79 Å². The normalized spacial score (nSPS) is 10.9. The molecule has 8 nitrogen and oxygen atoms in total. The van der Waals surface area contributed by atoms with Crippen LogP contribution in [0, 0.1) is 0 Å². The summed E-state index contributed by atoms with van der Waals surface area (Å²) in [4.78, 5) is 36.4.